The van der Waals surface area contributed by atoms with Gasteiger partial charge in [-0.1, -0.05) is 12.1 Å². The zero-order chi connectivity index (χ0) is 21.5. The molecule has 0 bridgehead atoms. The van der Waals surface area contributed by atoms with Gasteiger partial charge in [-0.15, -0.1) is 0 Å². The molecule has 3 aromatic rings. The molecule has 0 heterocycles. The first-order valence-electron chi connectivity index (χ1n) is 9.19. The molecule has 2 N–H and O–H groups in total. The van der Waals surface area contributed by atoms with Crippen molar-refractivity contribution in [3.63, 3.8) is 0 Å². The normalized spacial score (nSPS) is 11.3. The molecule has 0 aliphatic rings. The van der Waals surface area contributed by atoms with Crippen molar-refractivity contribution in [2.75, 3.05) is 10.6 Å². The van der Waals surface area contributed by atoms with Gasteiger partial charge in [0.1, 0.15) is 30.0 Å². The predicted octanol–water partition coefficient (Wildman–Crippen LogP) is 4.85. The minimum atomic E-state index is -0.709. The van der Waals surface area contributed by atoms with Crippen molar-refractivity contribution in [1.82, 2.24) is 0 Å². The van der Waals surface area contributed by atoms with Crippen LogP contribution in [0.1, 0.15) is 18.1 Å². The molecule has 1 amide bonds. The third-order valence-corrected chi connectivity index (χ3v) is 4.28. The van der Waals surface area contributed by atoms with Gasteiger partial charge in [0.05, 0.1) is 17.3 Å². The van der Waals surface area contributed by atoms with Crippen molar-refractivity contribution in [2.24, 2.45) is 0 Å². The van der Waals surface area contributed by atoms with Gasteiger partial charge in [0.2, 0.25) is 5.91 Å². The van der Waals surface area contributed by atoms with Gasteiger partial charge in [-0.25, -0.2) is 8.78 Å². The maximum atomic E-state index is 13.7. The largest absolute Gasteiger partial charge is 0.489 e. The number of carbonyl (C=O) groups is 1. The first-order valence-corrected chi connectivity index (χ1v) is 9.19. The highest BCUT2D eigenvalue weighted by atomic mass is 19.1. The van der Waals surface area contributed by atoms with E-state index in [1.807, 2.05) is 6.07 Å². The lowest BCUT2D eigenvalue weighted by molar-refractivity contribution is -0.116. The number of rotatable bonds is 7. The van der Waals surface area contributed by atoms with Crippen LogP contribution in [0.4, 0.5) is 20.2 Å². The third-order valence-electron chi connectivity index (χ3n) is 4.28. The van der Waals surface area contributed by atoms with Crippen molar-refractivity contribution >= 4 is 17.3 Å². The number of hydrogen-bond acceptors (Lipinski definition) is 4. The second-order valence-corrected chi connectivity index (χ2v) is 6.60. The number of nitrogens with one attached hydrogen (secondary N) is 2. The molecule has 152 valence electrons. The second-order valence-electron chi connectivity index (χ2n) is 6.60. The van der Waals surface area contributed by atoms with Crippen LogP contribution in [0.3, 0.4) is 0 Å². The van der Waals surface area contributed by atoms with Crippen LogP contribution in [-0.2, 0) is 11.4 Å². The Balaban J connectivity index is 1.54. The van der Waals surface area contributed by atoms with Gasteiger partial charge in [-0.2, -0.15) is 5.26 Å². The van der Waals surface area contributed by atoms with E-state index in [2.05, 4.69) is 16.7 Å². The van der Waals surface area contributed by atoms with Crippen LogP contribution < -0.4 is 15.4 Å². The predicted molar refractivity (Wildman–Crippen MR) is 110 cm³/mol. The lowest BCUT2D eigenvalue weighted by Gasteiger charge is -2.16. The van der Waals surface area contributed by atoms with Crippen LogP contribution in [0.25, 0.3) is 0 Å². The molecule has 30 heavy (non-hydrogen) atoms. The highest BCUT2D eigenvalue weighted by Crippen LogP contribution is 2.19. The van der Waals surface area contributed by atoms with E-state index in [0.29, 0.717) is 23.6 Å². The van der Waals surface area contributed by atoms with E-state index in [0.717, 1.165) is 23.8 Å². The summed E-state index contributed by atoms with van der Waals surface area (Å²) in [5.74, 6) is -1.22. The Bertz CT molecular complexity index is 1080. The van der Waals surface area contributed by atoms with Gasteiger partial charge in [0.15, 0.2) is 0 Å². The van der Waals surface area contributed by atoms with Crippen molar-refractivity contribution in [3.05, 3.63) is 89.5 Å². The van der Waals surface area contributed by atoms with Crippen LogP contribution in [0.2, 0.25) is 0 Å². The van der Waals surface area contributed by atoms with Crippen molar-refractivity contribution in [1.29, 1.82) is 5.26 Å². The van der Waals surface area contributed by atoms with Crippen molar-refractivity contribution in [2.45, 2.75) is 19.6 Å². The Morgan fingerprint density at radius 1 is 1.10 bits per heavy atom. The van der Waals surface area contributed by atoms with E-state index < -0.39 is 23.6 Å². The van der Waals surface area contributed by atoms with Crippen LogP contribution in [-0.4, -0.2) is 11.9 Å². The number of nitriles is 1. The van der Waals surface area contributed by atoms with E-state index in [1.54, 1.807) is 49.4 Å². The Labute approximate surface area is 172 Å². The average Bonchev–Trinajstić information content (AvgIpc) is 2.76. The number of hydrogen-bond donors (Lipinski definition) is 2. The highest BCUT2D eigenvalue weighted by Gasteiger charge is 2.15. The molecule has 0 radical (unpaired) electrons. The summed E-state index contributed by atoms with van der Waals surface area (Å²) in [5.41, 5.74) is 1.90. The number of nitrogens with zero attached hydrogens (tertiary/aromatic N) is 1. The van der Waals surface area contributed by atoms with Gasteiger partial charge in [-0.3, -0.25) is 4.79 Å². The molecule has 0 aliphatic heterocycles. The smallest absolute Gasteiger partial charge is 0.246 e. The summed E-state index contributed by atoms with van der Waals surface area (Å²) in [6.45, 7) is 1.93. The Morgan fingerprint density at radius 2 is 1.87 bits per heavy atom. The molecular weight excluding hydrogens is 388 g/mol. The molecule has 3 aromatic carbocycles. The summed E-state index contributed by atoms with van der Waals surface area (Å²) in [6.07, 6.45) is 0. The zero-order valence-corrected chi connectivity index (χ0v) is 16.2. The van der Waals surface area contributed by atoms with E-state index >= 15 is 0 Å². The van der Waals surface area contributed by atoms with Crippen LogP contribution in [0.15, 0.2) is 66.7 Å². The Morgan fingerprint density at radius 3 is 2.60 bits per heavy atom. The molecule has 1 atom stereocenters. The summed E-state index contributed by atoms with van der Waals surface area (Å²) >= 11 is 0. The van der Waals surface area contributed by atoms with Crippen LogP contribution >= 0.6 is 0 Å². The standard InChI is InChI=1S/C23H19F2N3O2/c1-15(23(29)28-22-12-18(24)5-10-21(22)25)27-19-6-8-20(9-7-19)30-14-17-4-2-3-16(11-17)13-26/h2-12,15,27H,14H2,1H3,(H,28,29). The molecule has 0 saturated heterocycles. The summed E-state index contributed by atoms with van der Waals surface area (Å²) in [6, 6.07) is 18.4. The molecule has 1 unspecified atom stereocenters. The lowest BCUT2D eigenvalue weighted by atomic mass is 10.1. The fourth-order valence-corrected chi connectivity index (χ4v) is 2.69. The van der Waals surface area contributed by atoms with Crippen LogP contribution in [0, 0.1) is 23.0 Å². The van der Waals surface area contributed by atoms with Crippen molar-refractivity contribution < 1.29 is 18.3 Å². The summed E-state index contributed by atoms with van der Waals surface area (Å²) < 4.78 is 32.6. The maximum Gasteiger partial charge on any atom is 0.246 e. The number of amides is 1. The van der Waals surface area contributed by atoms with E-state index in [-0.39, 0.29) is 5.69 Å². The van der Waals surface area contributed by atoms with Gasteiger partial charge >= 0.3 is 0 Å². The molecule has 0 aromatic heterocycles. The maximum absolute atomic E-state index is 13.7. The number of carbonyl (C=O) groups excluding carboxylic acids is 1. The minimum Gasteiger partial charge on any atom is -0.489 e. The average molecular weight is 407 g/mol. The van der Waals surface area contributed by atoms with Gasteiger partial charge in [0.25, 0.3) is 0 Å². The Kier molecular flexibility index (Phi) is 6.60. The zero-order valence-electron chi connectivity index (χ0n) is 16.2. The van der Waals surface area contributed by atoms with Gasteiger partial charge in [0, 0.05) is 11.8 Å². The topological polar surface area (TPSA) is 74.1 Å². The summed E-state index contributed by atoms with van der Waals surface area (Å²) in [5, 5.41) is 14.3. The van der Waals surface area contributed by atoms with Crippen LogP contribution in [0.5, 0.6) is 5.75 Å². The van der Waals surface area contributed by atoms with Crippen molar-refractivity contribution in [3.8, 4) is 11.8 Å². The Hall–Kier alpha value is -3.92. The molecule has 0 fully saturated rings. The quantitative estimate of drug-likeness (QED) is 0.587. The first kappa shape index (κ1) is 20.8. The van der Waals surface area contributed by atoms with Gasteiger partial charge < -0.3 is 15.4 Å². The fraction of sp³-hybridized carbons (Fsp3) is 0.130. The van der Waals surface area contributed by atoms with E-state index in [4.69, 9.17) is 10.00 Å². The second kappa shape index (κ2) is 9.52. The number of halogens is 2. The minimum absolute atomic E-state index is 0.210. The molecule has 0 saturated carbocycles. The SMILES string of the molecule is CC(Nc1ccc(OCc2cccc(C#N)c2)cc1)C(=O)Nc1cc(F)ccc1F. The van der Waals surface area contributed by atoms with Gasteiger partial charge in [-0.05, 0) is 61.0 Å². The molecule has 0 spiro atoms. The summed E-state index contributed by atoms with van der Waals surface area (Å²) in [4.78, 5) is 12.2. The molecule has 7 heteroatoms. The number of benzene rings is 3. The molecule has 3 rings (SSSR count). The highest BCUT2D eigenvalue weighted by molar-refractivity contribution is 5.96. The number of anilines is 2. The third kappa shape index (κ3) is 5.55. The monoisotopic (exact) mass is 407 g/mol. The van der Waals surface area contributed by atoms with E-state index in [1.165, 1.54) is 0 Å². The molecule has 5 nitrogen and oxygen atoms in total. The fourth-order valence-electron chi connectivity index (χ4n) is 2.69. The molecular formula is C23H19F2N3O2. The van der Waals surface area contributed by atoms with E-state index in [9.17, 15) is 13.6 Å². The number of ether oxygens (including phenoxy) is 1. The summed E-state index contributed by atoms with van der Waals surface area (Å²) in [7, 11) is 0. The lowest BCUT2D eigenvalue weighted by Crippen LogP contribution is -2.32. The molecule has 0 aliphatic carbocycles. The first-order chi connectivity index (χ1) is 14.4.